The van der Waals surface area contributed by atoms with Gasteiger partial charge in [-0.3, -0.25) is 9.59 Å². The van der Waals surface area contributed by atoms with Gasteiger partial charge >= 0.3 is 6.36 Å². The maximum absolute atomic E-state index is 12.4. The van der Waals surface area contributed by atoms with Crippen molar-refractivity contribution in [2.75, 3.05) is 0 Å². The Balaban J connectivity index is 1.64. The van der Waals surface area contributed by atoms with Crippen LogP contribution in [0.4, 0.5) is 13.2 Å². The van der Waals surface area contributed by atoms with E-state index in [2.05, 4.69) is 15.2 Å². The smallest absolute Gasteiger partial charge is 0.406 e. The molecule has 0 aliphatic rings. The number of alkyl halides is 3. The van der Waals surface area contributed by atoms with E-state index in [1.807, 2.05) is 31.2 Å². The minimum absolute atomic E-state index is 0.0544. The molecule has 6 nitrogen and oxygen atoms in total. The van der Waals surface area contributed by atoms with Crippen LogP contribution >= 0.6 is 0 Å². The van der Waals surface area contributed by atoms with Gasteiger partial charge in [-0.05, 0) is 36.2 Å². The number of amides is 1. The number of nitrogens with one attached hydrogen (secondary N) is 1. The third kappa shape index (κ3) is 5.94. The zero-order valence-electron chi connectivity index (χ0n) is 15.9. The van der Waals surface area contributed by atoms with E-state index < -0.39 is 12.3 Å². The summed E-state index contributed by atoms with van der Waals surface area (Å²) >= 11 is 0. The van der Waals surface area contributed by atoms with Crippen molar-refractivity contribution in [1.29, 1.82) is 0 Å². The van der Waals surface area contributed by atoms with Crippen LogP contribution in [0, 0.1) is 6.92 Å². The second kappa shape index (κ2) is 8.81. The van der Waals surface area contributed by atoms with Crippen molar-refractivity contribution in [3.63, 3.8) is 0 Å². The molecule has 2 aromatic carbocycles. The van der Waals surface area contributed by atoms with Crippen LogP contribution in [0.1, 0.15) is 27.2 Å². The second-order valence-corrected chi connectivity index (χ2v) is 6.57. The quantitative estimate of drug-likeness (QED) is 0.667. The molecule has 0 saturated carbocycles. The third-order valence-electron chi connectivity index (χ3n) is 4.16. The summed E-state index contributed by atoms with van der Waals surface area (Å²) in [6.45, 7) is 2.25. The van der Waals surface area contributed by atoms with Crippen LogP contribution < -0.4 is 15.6 Å². The lowest BCUT2D eigenvalue weighted by Crippen LogP contribution is -2.29. The molecule has 3 rings (SSSR count). The lowest BCUT2D eigenvalue weighted by molar-refractivity contribution is -0.274. The van der Waals surface area contributed by atoms with Gasteiger partial charge in [-0.15, -0.1) is 13.2 Å². The molecule has 1 heterocycles. The monoisotopic (exact) mass is 417 g/mol. The minimum atomic E-state index is -4.76. The standard InChI is InChI=1S/C21H18F3N3O3/c1-14-2-4-16(5-3-14)13-27-19(28)11-10-18(26-27)20(29)25-12-15-6-8-17(9-7-15)30-21(22,23)24/h2-11H,12-13H2,1H3,(H,25,29). The van der Waals surface area contributed by atoms with Gasteiger partial charge in [-0.2, -0.15) is 5.10 Å². The Morgan fingerprint density at radius 3 is 2.27 bits per heavy atom. The summed E-state index contributed by atoms with van der Waals surface area (Å²) in [5.74, 6) is -0.856. The molecule has 1 amide bonds. The molecule has 156 valence electrons. The predicted molar refractivity (Wildman–Crippen MR) is 103 cm³/mol. The molecule has 0 fully saturated rings. The fourth-order valence-electron chi connectivity index (χ4n) is 2.63. The summed E-state index contributed by atoms with van der Waals surface area (Å²) in [6, 6.07) is 15.3. The fourth-order valence-corrected chi connectivity index (χ4v) is 2.63. The van der Waals surface area contributed by atoms with Crippen LogP contribution in [0.5, 0.6) is 5.75 Å². The van der Waals surface area contributed by atoms with Gasteiger partial charge in [0.25, 0.3) is 11.5 Å². The molecule has 0 bridgehead atoms. The van der Waals surface area contributed by atoms with Crippen molar-refractivity contribution >= 4 is 5.91 Å². The summed E-state index contributed by atoms with van der Waals surface area (Å²) in [4.78, 5) is 24.4. The highest BCUT2D eigenvalue weighted by Crippen LogP contribution is 2.22. The van der Waals surface area contributed by atoms with Gasteiger partial charge in [0.1, 0.15) is 11.4 Å². The predicted octanol–water partition coefficient (Wildman–Crippen LogP) is 3.43. The van der Waals surface area contributed by atoms with Gasteiger partial charge in [0, 0.05) is 12.6 Å². The van der Waals surface area contributed by atoms with E-state index in [9.17, 15) is 22.8 Å². The fraction of sp³-hybridized carbons (Fsp3) is 0.190. The Hall–Kier alpha value is -3.62. The molecule has 0 saturated heterocycles. The first-order valence-corrected chi connectivity index (χ1v) is 8.96. The first-order valence-electron chi connectivity index (χ1n) is 8.96. The van der Waals surface area contributed by atoms with Crippen LogP contribution in [-0.2, 0) is 13.1 Å². The molecule has 3 aromatic rings. The number of carbonyl (C=O) groups excluding carboxylic acids is 1. The summed E-state index contributed by atoms with van der Waals surface area (Å²) < 4.78 is 41.6. The SMILES string of the molecule is Cc1ccc(Cn2nc(C(=O)NCc3ccc(OC(F)(F)F)cc3)ccc2=O)cc1. The minimum Gasteiger partial charge on any atom is -0.406 e. The van der Waals surface area contributed by atoms with E-state index in [1.54, 1.807) is 0 Å². The zero-order chi connectivity index (χ0) is 21.7. The van der Waals surface area contributed by atoms with Crippen molar-refractivity contribution in [3.8, 4) is 5.75 Å². The van der Waals surface area contributed by atoms with Crippen LogP contribution in [-0.4, -0.2) is 22.1 Å². The molecule has 0 spiro atoms. The molecule has 0 radical (unpaired) electrons. The molecule has 0 aliphatic carbocycles. The lowest BCUT2D eigenvalue weighted by atomic mass is 10.1. The molecule has 9 heteroatoms. The number of ether oxygens (including phenoxy) is 1. The van der Waals surface area contributed by atoms with Gasteiger partial charge in [-0.1, -0.05) is 42.0 Å². The first-order chi connectivity index (χ1) is 14.2. The van der Waals surface area contributed by atoms with Crippen molar-refractivity contribution in [1.82, 2.24) is 15.1 Å². The van der Waals surface area contributed by atoms with E-state index in [0.29, 0.717) is 5.56 Å². The number of nitrogens with zero attached hydrogens (tertiary/aromatic N) is 2. The maximum atomic E-state index is 12.4. The van der Waals surface area contributed by atoms with E-state index in [0.717, 1.165) is 23.3 Å². The van der Waals surface area contributed by atoms with Gasteiger partial charge in [-0.25, -0.2) is 4.68 Å². The molecular weight excluding hydrogens is 399 g/mol. The summed E-state index contributed by atoms with van der Waals surface area (Å²) in [5.41, 5.74) is 2.25. The average molecular weight is 417 g/mol. The van der Waals surface area contributed by atoms with E-state index in [4.69, 9.17) is 0 Å². The second-order valence-electron chi connectivity index (χ2n) is 6.57. The van der Waals surface area contributed by atoms with Crippen molar-refractivity contribution in [2.24, 2.45) is 0 Å². The molecule has 0 aliphatic heterocycles. The largest absolute Gasteiger partial charge is 0.573 e. The number of aromatic nitrogens is 2. The Kier molecular flexibility index (Phi) is 6.20. The van der Waals surface area contributed by atoms with Gasteiger partial charge < -0.3 is 10.1 Å². The average Bonchev–Trinajstić information content (AvgIpc) is 2.69. The van der Waals surface area contributed by atoms with E-state index >= 15 is 0 Å². The zero-order valence-corrected chi connectivity index (χ0v) is 15.9. The highest BCUT2D eigenvalue weighted by molar-refractivity contribution is 5.91. The van der Waals surface area contributed by atoms with E-state index in [1.165, 1.54) is 28.9 Å². The van der Waals surface area contributed by atoms with Crippen LogP contribution in [0.2, 0.25) is 0 Å². The van der Waals surface area contributed by atoms with E-state index in [-0.39, 0.29) is 30.1 Å². The van der Waals surface area contributed by atoms with Crippen molar-refractivity contribution in [2.45, 2.75) is 26.4 Å². The normalized spacial score (nSPS) is 11.2. The number of carbonyl (C=O) groups is 1. The Morgan fingerprint density at radius 2 is 1.63 bits per heavy atom. The number of benzene rings is 2. The highest BCUT2D eigenvalue weighted by atomic mass is 19.4. The molecule has 0 unspecified atom stereocenters. The Labute approximate surface area is 169 Å². The molecule has 1 aromatic heterocycles. The first kappa shape index (κ1) is 21.1. The Morgan fingerprint density at radius 1 is 1.00 bits per heavy atom. The van der Waals surface area contributed by atoms with Crippen molar-refractivity contribution in [3.05, 3.63) is 93.4 Å². The number of halogens is 3. The maximum Gasteiger partial charge on any atom is 0.573 e. The summed E-state index contributed by atoms with van der Waals surface area (Å²) in [6.07, 6.45) is -4.76. The molecular formula is C21H18F3N3O3. The lowest BCUT2D eigenvalue weighted by Gasteiger charge is -2.10. The third-order valence-corrected chi connectivity index (χ3v) is 4.16. The molecule has 30 heavy (non-hydrogen) atoms. The van der Waals surface area contributed by atoms with Crippen molar-refractivity contribution < 1.29 is 22.7 Å². The number of hydrogen-bond donors (Lipinski definition) is 1. The number of rotatable bonds is 6. The molecule has 1 N–H and O–H groups in total. The van der Waals surface area contributed by atoms with Gasteiger partial charge in [0.15, 0.2) is 0 Å². The van der Waals surface area contributed by atoms with Crippen LogP contribution in [0.25, 0.3) is 0 Å². The topological polar surface area (TPSA) is 73.2 Å². The van der Waals surface area contributed by atoms with Gasteiger partial charge in [0.2, 0.25) is 0 Å². The van der Waals surface area contributed by atoms with Gasteiger partial charge in [0.05, 0.1) is 6.54 Å². The number of hydrogen-bond acceptors (Lipinski definition) is 4. The number of aryl methyl sites for hydroxylation is 1. The molecule has 0 atom stereocenters. The van der Waals surface area contributed by atoms with Crippen LogP contribution in [0.15, 0.2) is 65.5 Å². The van der Waals surface area contributed by atoms with Crippen LogP contribution in [0.3, 0.4) is 0 Å². The summed E-state index contributed by atoms with van der Waals surface area (Å²) in [7, 11) is 0. The Bertz CT molecular complexity index is 1080. The highest BCUT2D eigenvalue weighted by Gasteiger charge is 2.30. The summed E-state index contributed by atoms with van der Waals surface area (Å²) in [5, 5.41) is 6.72.